The van der Waals surface area contributed by atoms with Crippen molar-refractivity contribution in [3.8, 4) is 0 Å². The molecule has 10 heteroatoms. The van der Waals surface area contributed by atoms with Gasteiger partial charge in [-0.1, -0.05) is 0 Å². The minimum atomic E-state index is -4.82. The maximum Gasteiger partial charge on any atom is 0.523 e. The number of halogens is 3. The Balaban J connectivity index is 0. The van der Waals surface area contributed by atoms with Crippen LogP contribution in [0.3, 0.4) is 0 Å². The molecule has 0 aromatic carbocycles. The summed E-state index contributed by atoms with van der Waals surface area (Å²) in [6, 6.07) is 0. The van der Waals surface area contributed by atoms with E-state index in [0.717, 1.165) is 0 Å². The average Bonchev–Trinajstić information content (AvgIpc) is 1.52. The van der Waals surface area contributed by atoms with E-state index in [-0.39, 0.29) is 0 Å². The standard InChI is InChI=1S/CHF3.CH2O6S/c2-1(3)4;2-1(3)7-8(4,5)6/h1H;(H,2,3)(H,4,5,6). The molecule has 0 amide bonds. The van der Waals surface area contributed by atoms with Crippen LogP contribution in [0.15, 0.2) is 0 Å². The van der Waals surface area contributed by atoms with Crippen LogP contribution >= 0.6 is 0 Å². The molecule has 0 atom stereocenters. The molecule has 0 spiro atoms. The van der Waals surface area contributed by atoms with E-state index in [1.165, 1.54) is 0 Å². The van der Waals surface area contributed by atoms with Crippen molar-refractivity contribution >= 4 is 16.6 Å². The third-order valence-corrected chi connectivity index (χ3v) is 0.530. The summed E-state index contributed by atoms with van der Waals surface area (Å²) in [7, 11) is -4.82. The van der Waals surface area contributed by atoms with E-state index in [1.807, 2.05) is 0 Å². The fourth-order valence-corrected chi connectivity index (χ4v) is 0.270. The van der Waals surface area contributed by atoms with Crippen molar-refractivity contribution < 1.29 is 40.2 Å². The van der Waals surface area contributed by atoms with E-state index in [4.69, 9.17) is 9.66 Å². The molecule has 0 heterocycles. The van der Waals surface area contributed by atoms with E-state index >= 15 is 0 Å². The molecule has 74 valence electrons. The van der Waals surface area contributed by atoms with Gasteiger partial charge in [-0.2, -0.15) is 21.6 Å². The zero-order valence-corrected chi connectivity index (χ0v) is 5.96. The van der Waals surface area contributed by atoms with Gasteiger partial charge in [0.15, 0.2) is 0 Å². The summed E-state index contributed by atoms with van der Waals surface area (Å²) >= 11 is 0. The van der Waals surface area contributed by atoms with Crippen molar-refractivity contribution in [1.29, 1.82) is 0 Å². The molecule has 0 fully saturated rings. The Hall–Kier alpha value is -1.03. The summed E-state index contributed by atoms with van der Waals surface area (Å²) in [5.74, 6) is 0. The zero-order valence-electron chi connectivity index (χ0n) is 5.15. The first-order chi connectivity index (χ1) is 5.15. The Morgan fingerprint density at radius 3 is 1.58 bits per heavy atom. The Morgan fingerprint density at radius 2 is 1.58 bits per heavy atom. The number of hydrogen-bond donors (Lipinski definition) is 2. The smallest absolute Gasteiger partial charge is 0.449 e. The normalized spacial score (nSPS) is 10.1. The lowest BCUT2D eigenvalue weighted by Gasteiger charge is -1.88. The lowest BCUT2D eigenvalue weighted by Crippen LogP contribution is -2.08. The number of carboxylic acid groups (broad SMARTS) is 1. The van der Waals surface area contributed by atoms with Gasteiger partial charge in [-0.3, -0.25) is 8.74 Å². The molecule has 0 saturated heterocycles. The van der Waals surface area contributed by atoms with Gasteiger partial charge >= 0.3 is 23.2 Å². The summed E-state index contributed by atoms with van der Waals surface area (Å²) < 4.78 is 58.2. The van der Waals surface area contributed by atoms with Gasteiger partial charge in [-0.15, -0.1) is 0 Å². The fourth-order valence-electron chi connectivity index (χ4n) is 0.0901. The van der Waals surface area contributed by atoms with Crippen molar-refractivity contribution in [2.45, 2.75) is 6.68 Å². The first kappa shape index (κ1) is 13.6. The molecule has 0 aromatic rings. The molecule has 12 heavy (non-hydrogen) atoms. The number of hydrogen-bond acceptors (Lipinski definition) is 4. The van der Waals surface area contributed by atoms with Crippen LogP contribution < -0.4 is 0 Å². The average molecular weight is 212 g/mol. The quantitative estimate of drug-likeness (QED) is 0.619. The Morgan fingerprint density at radius 1 is 1.33 bits per heavy atom. The lowest BCUT2D eigenvalue weighted by atomic mass is 11.5. The number of carbonyl (C=O) groups is 1. The molecule has 0 aliphatic heterocycles. The van der Waals surface area contributed by atoms with Crippen LogP contribution in [0.2, 0.25) is 0 Å². The summed E-state index contributed by atoms with van der Waals surface area (Å²) in [4.78, 5) is 9.25. The summed E-state index contributed by atoms with van der Waals surface area (Å²) in [6.07, 6.45) is -2.06. The van der Waals surface area contributed by atoms with Gasteiger partial charge in [0.1, 0.15) is 0 Å². The van der Waals surface area contributed by atoms with E-state index < -0.39 is 23.2 Å². The topological polar surface area (TPSA) is 101 Å². The highest BCUT2D eigenvalue weighted by Gasteiger charge is 2.09. The third kappa shape index (κ3) is 36.2. The maximum atomic E-state index is 9.67. The summed E-state index contributed by atoms with van der Waals surface area (Å²) in [6.45, 7) is -3.67. The van der Waals surface area contributed by atoms with Crippen LogP contribution in [0.4, 0.5) is 18.0 Å². The number of rotatable bonds is 1. The molecule has 0 saturated carbocycles. The minimum Gasteiger partial charge on any atom is -0.449 e. The van der Waals surface area contributed by atoms with Gasteiger partial charge in [0.05, 0.1) is 0 Å². The van der Waals surface area contributed by atoms with Gasteiger partial charge in [-0.25, -0.2) is 4.79 Å². The van der Waals surface area contributed by atoms with Gasteiger partial charge < -0.3 is 5.11 Å². The fraction of sp³-hybridized carbons (Fsp3) is 0.500. The highest BCUT2D eigenvalue weighted by atomic mass is 32.3. The van der Waals surface area contributed by atoms with E-state index in [2.05, 4.69) is 4.18 Å². The highest BCUT2D eigenvalue weighted by Crippen LogP contribution is 1.87. The molecule has 0 aliphatic carbocycles. The first-order valence-corrected chi connectivity index (χ1v) is 3.33. The second-order valence-corrected chi connectivity index (χ2v) is 2.05. The number of alkyl halides is 3. The van der Waals surface area contributed by atoms with Crippen molar-refractivity contribution in [2.75, 3.05) is 0 Å². The van der Waals surface area contributed by atoms with Crippen LogP contribution in [0.5, 0.6) is 0 Å². The molecule has 0 aromatic heterocycles. The third-order valence-electron chi connectivity index (χ3n) is 0.177. The molecule has 2 N–H and O–H groups in total. The molecule has 0 unspecified atom stereocenters. The molecule has 0 rings (SSSR count). The predicted octanol–water partition coefficient (Wildman–Crippen LogP) is 0.662. The predicted molar refractivity (Wildman–Crippen MR) is 27.8 cm³/mol. The second kappa shape index (κ2) is 5.60. The first-order valence-electron chi connectivity index (χ1n) is 1.97. The van der Waals surface area contributed by atoms with Crippen LogP contribution in [-0.2, 0) is 14.6 Å². The van der Waals surface area contributed by atoms with Crippen LogP contribution in [0, 0.1) is 0 Å². The van der Waals surface area contributed by atoms with Gasteiger partial charge in [0, 0.05) is 0 Å². The van der Waals surface area contributed by atoms with Crippen molar-refractivity contribution in [2.24, 2.45) is 0 Å². The molecule has 0 bridgehead atoms. The van der Waals surface area contributed by atoms with Crippen LogP contribution in [0.1, 0.15) is 0 Å². The SMILES string of the molecule is FC(F)F.O=C(O)OS(=O)(=O)O. The summed E-state index contributed by atoms with van der Waals surface area (Å²) in [5.41, 5.74) is 0. The molecular formula is C2H3F3O6S. The van der Waals surface area contributed by atoms with Gasteiger partial charge in [-0.05, 0) is 0 Å². The zero-order chi connectivity index (χ0) is 10.4. The lowest BCUT2D eigenvalue weighted by molar-refractivity contribution is 0.00818. The minimum absolute atomic E-state index is 2.06. The van der Waals surface area contributed by atoms with Crippen molar-refractivity contribution in [3.63, 3.8) is 0 Å². The largest absolute Gasteiger partial charge is 0.523 e. The van der Waals surface area contributed by atoms with Crippen molar-refractivity contribution in [1.82, 2.24) is 0 Å². The monoisotopic (exact) mass is 212 g/mol. The van der Waals surface area contributed by atoms with Crippen LogP contribution in [0.25, 0.3) is 0 Å². The summed E-state index contributed by atoms with van der Waals surface area (Å²) in [5, 5.41) is 7.49. The molecular weight excluding hydrogens is 209 g/mol. The van der Waals surface area contributed by atoms with Gasteiger partial charge in [0.2, 0.25) is 0 Å². The van der Waals surface area contributed by atoms with Gasteiger partial charge in [0.25, 0.3) is 0 Å². The van der Waals surface area contributed by atoms with E-state index in [1.54, 1.807) is 0 Å². The molecule has 0 aliphatic rings. The molecule has 0 radical (unpaired) electrons. The van der Waals surface area contributed by atoms with E-state index in [0.29, 0.717) is 0 Å². The second-order valence-electron chi connectivity index (χ2n) is 1.02. The highest BCUT2D eigenvalue weighted by molar-refractivity contribution is 7.81. The Bertz CT molecular complexity index is 218. The maximum absolute atomic E-state index is 9.67. The van der Waals surface area contributed by atoms with Crippen molar-refractivity contribution in [3.05, 3.63) is 0 Å². The Kier molecular flexibility index (Phi) is 6.32. The van der Waals surface area contributed by atoms with E-state index in [9.17, 15) is 26.4 Å². The Labute approximate surface area is 64.5 Å². The van der Waals surface area contributed by atoms with Crippen LogP contribution in [-0.4, -0.2) is 30.9 Å². The molecule has 6 nitrogen and oxygen atoms in total.